The summed E-state index contributed by atoms with van der Waals surface area (Å²) in [6.45, 7) is 0. The number of anilines is 3. The minimum atomic E-state index is -0.983. The molecule has 0 bridgehead atoms. The standard InChI is InChI=1S/C34H31NS/c1-36(2)32-16-8-7-14-30(32)34-31(15-9-17-33(34)36)35(28-20-18-24-10-3-5-12-26(24)22-28)29-21-19-25-11-4-6-13-27(25)23-29/h3-5,7,9-12,14-15,17-23H,6,8,13,16H2,1-2H3. The third-order valence-electron chi connectivity index (χ3n) is 8.06. The molecule has 0 saturated heterocycles. The fraction of sp³-hybridized carbons (Fsp3) is 0.176. The van der Waals surface area contributed by atoms with Gasteiger partial charge >= 0.3 is 0 Å². The quantitative estimate of drug-likeness (QED) is 0.279. The van der Waals surface area contributed by atoms with Crippen molar-refractivity contribution < 1.29 is 0 Å². The maximum atomic E-state index is 2.51. The van der Waals surface area contributed by atoms with Gasteiger partial charge in [-0.1, -0.05) is 66.8 Å². The van der Waals surface area contributed by atoms with Crippen LogP contribution in [0.5, 0.6) is 0 Å². The maximum absolute atomic E-state index is 2.51. The van der Waals surface area contributed by atoms with E-state index in [-0.39, 0.29) is 0 Å². The molecule has 36 heavy (non-hydrogen) atoms. The van der Waals surface area contributed by atoms with Crippen LogP contribution >= 0.6 is 10.0 Å². The van der Waals surface area contributed by atoms with Gasteiger partial charge in [0.05, 0.1) is 5.69 Å². The summed E-state index contributed by atoms with van der Waals surface area (Å²) in [7, 11) is -0.983. The molecular weight excluding hydrogens is 454 g/mol. The molecule has 0 spiro atoms. The van der Waals surface area contributed by atoms with Crippen molar-refractivity contribution in [3.05, 3.63) is 119 Å². The summed E-state index contributed by atoms with van der Waals surface area (Å²) in [5.74, 6) is 0. The number of benzene rings is 4. The van der Waals surface area contributed by atoms with E-state index in [4.69, 9.17) is 0 Å². The lowest BCUT2D eigenvalue weighted by molar-refractivity contribution is 0.984. The molecule has 4 aromatic carbocycles. The van der Waals surface area contributed by atoms with Crippen molar-refractivity contribution in [2.45, 2.75) is 30.6 Å². The third-order valence-corrected chi connectivity index (χ3v) is 11.2. The highest BCUT2D eigenvalue weighted by molar-refractivity contribution is 8.36. The van der Waals surface area contributed by atoms with Crippen molar-refractivity contribution in [2.75, 3.05) is 17.4 Å². The van der Waals surface area contributed by atoms with Gasteiger partial charge in [0.25, 0.3) is 0 Å². The Morgan fingerprint density at radius 3 is 2.39 bits per heavy atom. The fourth-order valence-corrected chi connectivity index (χ4v) is 8.99. The normalized spacial score (nSPS) is 18.1. The van der Waals surface area contributed by atoms with Crippen LogP contribution in [-0.2, 0) is 6.42 Å². The Hall–Kier alpha value is -3.49. The molecule has 178 valence electrons. The van der Waals surface area contributed by atoms with Gasteiger partial charge in [-0.05, 0) is 107 Å². The van der Waals surface area contributed by atoms with Crippen LogP contribution in [0.2, 0.25) is 0 Å². The van der Waals surface area contributed by atoms with Gasteiger partial charge in [-0.2, -0.15) is 10.0 Å². The number of aryl methyl sites for hydroxylation is 1. The topological polar surface area (TPSA) is 3.24 Å². The first-order valence-electron chi connectivity index (χ1n) is 13.0. The van der Waals surface area contributed by atoms with E-state index in [1.165, 1.54) is 61.4 Å². The average molecular weight is 486 g/mol. The van der Waals surface area contributed by atoms with Crippen LogP contribution in [0.1, 0.15) is 36.0 Å². The Morgan fingerprint density at radius 1 is 0.694 bits per heavy atom. The monoisotopic (exact) mass is 485 g/mol. The lowest BCUT2D eigenvalue weighted by Crippen LogP contribution is -2.13. The molecule has 3 aliphatic rings. The SMILES string of the molecule is CS1(C)C2=C(C=CCC2)c2c(N(c3ccc4c(c3)CCC=C4)c3ccc4ccccc4c3)cccc21. The second-order valence-corrected chi connectivity index (χ2v) is 14.0. The molecule has 7 rings (SSSR count). The summed E-state index contributed by atoms with van der Waals surface area (Å²) < 4.78 is 0. The summed E-state index contributed by atoms with van der Waals surface area (Å²) in [6, 6.07) is 29.6. The molecule has 0 radical (unpaired) electrons. The number of nitrogens with zero attached hydrogens (tertiary/aromatic N) is 1. The molecular formula is C34H31NS. The van der Waals surface area contributed by atoms with Crippen LogP contribution in [-0.4, -0.2) is 12.5 Å². The lowest BCUT2D eigenvalue weighted by atomic mass is 9.95. The van der Waals surface area contributed by atoms with Crippen LogP contribution in [0.25, 0.3) is 22.4 Å². The van der Waals surface area contributed by atoms with Gasteiger partial charge in [-0.15, -0.1) is 0 Å². The van der Waals surface area contributed by atoms with E-state index in [0.29, 0.717) is 0 Å². The van der Waals surface area contributed by atoms with Crippen LogP contribution in [0.4, 0.5) is 17.1 Å². The Bertz CT molecular complexity index is 1620. The number of fused-ring (bicyclic) bond motifs is 4. The second kappa shape index (κ2) is 8.28. The Balaban J connectivity index is 1.50. The smallest absolute Gasteiger partial charge is 0.0551 e. The van der Waals surface area contributed by atoms with Crippen molar-refractivity contribution >= 4 is 49.5 Å². The van der Waals surface area contributed by atoms with E-state index >= 15 is 0 Å². The van der Waals surface area contributed by atoms with Crippen molar-refractivity contribution in [1.29, 1.82) is 0 Å². The third kappa shape index (κ3) is 3.32. The summed E-state index contributed by atoms with van der Waals surface area (Å²) in [4.78, 5) is 5.71. The zero-order chi connectivity index (χ0) is 24.3. The van der Waals surface area contributed by atoms with Crippen molar-refractivity contribution in [2.24, 2.45) is 0 Å². The Labute approximate surface area is 215 Å². The largest absolute Gasteiger partial charge is 0.310 e. The van der Waals surface area contributed by atoms with Crippen LogP contribution in [0, 0.1) is 0 Å². The fourth-order valence-electron chi connectivity index (χ4n) is 6.23. The van der Waals surface area contributed by atoms with Crippen molar-refractivity contribution in [3.63, 3.8) is 0 Å². The van der Waals surface area contributed by atoms with Crippen molar-refractivity contribution in [3.8, 4) is 0 Å². The van der Waals surface area contributed by atoms with Gasteiger partial charge in [0.2, 0.25) is 0 Å². The molecule has 2 heteroatoms. The first kappa shape index (κ1) is 21.8. The number of hydrogen-bond donors (Lipinski definition) is 0. The maximum Gasteiger partial charge on any atom is 0.0551 e. The molecule has 1 heterocycles. The molecule has 0 unspecified atom stereocenters. The van der Waals surface area contributed by atoms with E-state index in [0.717, 1.165) is 19.3 Å². The highest BCUT2D eigenvalue weighted by Gasteiger charge is 2.36. The van der Waals surface area contributed by atoms with Crippen LogP contribution < -0.4 is 4.90 Å². The minimum Gasteiger partial charge on any atom is -0.310 e. The molecule has 0 atom stereocenters. The first-order valence-corrected chi connectivity index (χ1v) is 15.4. The van der Waals surface area contributed by atoms with Gasteiger partial charge in [0.15, 0.2) is 0 Å². The van der Waals surface area contributed by atoms with E-state index in [2.05, 4.69) is 121 Å². The summed E-state index contributed by atoms with van der Waals surface area (Å²) in [5, 5.41) is 2.55. The van der Waals surface area contributed by atoms with E-state index in [1.54, 1.807) is 4.91 Å². The highest BCUT2D eigenvalue weighted by Crippen LogP contribution is 2.69. The molecule has 0 N–H and O–H groups in total. The molecule has 0 fully saturated rings. The molecule has 2 aliphatic carbocycles. The average Bonchev–Trinajstić information content (AvgIpc) is 3.16. The summed E-state index contributed by atoms with van der Waals surface area (Å²) >= 11 is 0. The lowest BCUT2D eigenvalue weighted by Gasteiger charge is -2.33. The summed E-state index contributed by atoms with van der Waals surface area (Å²) in [5.41, 5.74) is 9.47. The molecule has 1 nitrogen and oxygen atoms in total. The van der Waals surface area contributed by atoms with E-state index in [9.17, 15) is 0 Å². The molecule has 0 saturated carbocycles. The van der Waals surface area contributed by atoms with Crippen LogP contribution in [0.15, 0.2) is 107 Å². The predicted molar refractivity (Wildman–Crippen MR) is 159 cm³/mol. The Morgan fingerprint density at radius 2 is 1.47 bits per heavy atom. The first-order chi connectivity index (χ1) is 17.6. The van der Waals surface area contributed by atoms with Crippen molar-refractivity contribution in [1.82, 2.24) is 0 Å². The van der Waals surface area contributed by atoms with E-state index < -0.39 is 10.0 Å². The predicted octanol–water partition coefficient (Wildman–Crippen LogP) is 9.77. The number of rotatable bonds is 3. The second-order valence-electron chi connectivity index (χ2n) is 10.4. The molecule has 0 amide bonds. The molecule has 4 aromatic rings. The molecule has 1 aliphatic heterocycles. The number of hydrogen-bond acceptors (Lipinski definition) is 1. The summed E-state index contributed by atoms with van der Waals surface area (Å²) in [6.07, 6.45) is 18.9. The zero-order valence-electron chi connectivity index (χ0n) is 21.0. The van der Waals surface area contributed by atoms with E-state index in [1.807, 2.05) is 0 Å². The van der Waals surface area contributed by atoms with Gasteiger partial charge in [-0.3, -0.25) is 0 Å². The molecule has 0 aromatic heterocycles. The zero-order valence-corrected chi connectivity index (χ0v) is 21.8. The van der Waals surface area contributed by atoms with Gasteiger partial charge in [0.1, 0.15) is 0 Å². The minimum absolute atomic E-state index is 0.983. The number of allylic oxidation sites excluding steroid dienone is 5. The van der Waals surface area contributed by atoms with Gasteiger partial charge in [-0.25, -0.2) is 0 Å². The van der Waals surface area contributed by atoms with Crippen LogP contribution in [0.3, 0.4) is 0 Å². The Kier molecular flexibility index (Phi) is 5.01. The highest BCUT2D eigenvalue weighted by atomic mass is 32.3. The van der Waals surface area contributed by atoms with Gasteiger partial charge < -0.3 is 4.90 Å². The van der Waals surface area contributed by atoms with Gasteiger partial charge in [0, 0.05) is 21.8 Å².